The molecule has 2 aromatic rings. The average molecular weight is 261 g/mol. The van der Waals surface area contributed by atoms with Gasteiger partial charge in [-0.05, 0) is 44.0 Å². The van der Waals surface area contributed by atoms with Crippen LogP contribution in [0.1, 0.15) is 29.7 Å². The number of nitrogens with one attached hydrogen (secondary N) is 1. The molecule has 0 saturated carbocycles. The van der Waals surface area contributed by atoms with E-state index in [-0.39, 0.29) is 6.04 Å². The van der Waals surface area contributed by atoms with Crippen molar-refractivity contribution in [3.63, 3.8) is 0 Å². The van der Waals surface area contributed by atoms with Gasteiger partial charge < -0.3 is 5.32 Å². The smallest absolute Gasteiger partial charge is 0.149 e. The topological polar surface area (TPSA) is 12.0 Å². The summed E-state index contributed by atoms with van der Waals surface area (Å²) < 4.78 is 26.5. The molecule has 3 heteroatoms. The van der Waals surface area contributed by atoms with Gasteiger partial charge >= 0.3 is 0 Å². The molecule has 0 radical (unpaired) electrons. The number of benzene rings is 2. The third-order valence-electron chi connectivity index (χ3n) is 3.20. The molecule has 100 valence electrons. The molecule has 2 aromatic carbocycles. The van der Waals surface area contributed by atoms with Gasteiger partial charge in [0.15, 0.2) is 0 Å². The van der Waals surface area contributed by atoms with Crippen molar-refractivity contribution in [2.45, 2.75) is 26.8 Å². The number of rotatable bonds is 3. The van der Waals surface area contributed by atoms with Crippen LogP contribution in [0.4, 0.5) is 14.5 Å². The van der Waals surface area contributed by atoms with Crippen molar-refractivity contribution >= 4 is 5.69 Å². The molecule has 1 N–H and O–H groups in total. The first-order chi connectivity index (χ1) is 8.97. The molecule has 1 atom stereocenters. The van der Waals surface area contributed by atoms with Crippen molar-refractivity contribution in [3.8, 4) is 0 Å². The highest BCUT2D eigenvalue weighted by atomic mass is 19.1. The third-order valence-corrected chi connectivity index (χ3v) is 3.20. The predicted molar refractivity (Wildman–Crippen MR) is 74.3 cm³/mol. The van der Waals surface area contributed by atoms with E-state index in [4.69, 9.17) is 0 Å². The lowest BCUT2D eigenvalue weighted by Crippen LogP contribution is -2.09. The molecule has 1 unspecified atom stereocenters. The molecule has 0 aromatic heterocycles. The largest absolute Gasteiger partial charge is 0.376 e. The van der Waals surface area contributed by atoms with E-state index in [1.54, 1.807) is 0 Å². The summed E-state index contributed by atoms with van der Waals surface area (Å²) in [6.07, 6.45) is 0. The molecule has 2 rings (SSSR count). The average Bonchev–Trinajstić information content (AvgIpc) is 2.35. The van der Waals surface area contributed by atoms with Crippen LogP contribution in [0.3, 0.4) is 0 Å². The van der Waals surface area contributed by atoms with E-state index in [0.717, 1.165) is 22.8 Å². The van der Waals surface area contributed by atoms with Crippen molar-refractivity contribution in [2.24, 2.45) is 0 Å². The van der Waals surface area contributed by atoms with Crippen molar-refractivity contribution in [1.82, 2.24) is 0 Å². The van der Waals surface area contributed by atoms with Crippen LogP contribution >= 0.6 is 0 Å². The second-order valence-electron chi connectivity index (χ2n) is 4.85. The first-order valence-corrected chi connectivity index (χ1v) is 6.26. The normalized spacial score (nSPS) is 12.3. The molecular formula is C16H17F2N. The Morgan fingerprint density at radius 1 is 1.00 bits per heavy atom. The fourth-order valence-electron chi connectivity index (χ4n) is 2.14. The zero-order chi connectivity index (χ0) is 14.0. The van der Waals surface area contributed by atoms with Crippen LogP contribution < -0.4 is 5.32 Å². The fraction of sp³-hybridized carbons (Fsp3) is 0.250. The van der Waals surface area contributed by atoms with Crippen LogP contribution in [0.15, 0.2) is 36.4 Å². The van der Waals surface area contributed by atoms with E-state index in [1.165, 1.54) is 12.1 Å². The van der Waals surface area contributed by atoms with Gasteiger partial charge in [-0.25, -0.2) is 8.78 Å². The summed E-state index contributed by atoms with van der Waals surface area (Å²) in [4.78, 5) is 0. The molecule has 1 nitrogen and oxygen atoms in total. The maximum absolute atomic E-state index is 13.6. The van der Waals surface area contributed by atoms with Crippen LogP contribution in [0.2, 0.25) is 0 Å². The molecule has 0 saturated heterocycles. The SMILES string of the molecule is Cc1ccc(C)c(C(C)Nc2ccc(F)cc2F)c1. The van der Waals surface area contributed by atoms with Gasteiger partial charge in [-0.15, -0.1) is 0 Å². The zero-order valence-corrected chi connectivity index (χ0v) is 11.3. The van der Waals surface area contributed by atoms with Crippen molar-refractivity contribution in [1.29, 1.82) is 0 Å². The highest BCUT2D eigenvalue weighted by molar-refractivity contribution is 5.48. The molecule has 0 aliphatic heterocycles. The molecule has 0 fully saturated rings. The molecule has 0 bridgehead atoms. The molecule has 0 heterocycles. The Kier molecular flexibility index (Phi) is 3.84. The fourth-order valence-corrected chi connectivity index (χ4v) is 2.14. The number of anilines is 1. The molecule has 0 spiro atoms. The summed E-state index contributed by atoms with van der Waals surface area (Å²) in [5.74, 6) is -1.14. The van der Waals surface area contributed by atoms with E-state index in [1.807, 2.05) is 32.9 Å². The van der Waals surface area contributed by atoms with Gasteiger partial charge in [-0.3, -0.25) is 0 Å². The van der Waals surface area contributed by atoms with E-state index >= 15 is 0 Å². The summed E-state index contributed by atoms with van der Waals surface area (Å²) in [6, 6.07) is 9.69. The zero-order valence-electron chi connectivity index (χ0n) is 11.3. The minimum atomic E-state index is -0.572. The third kappa shape index (κ3) is 3.11. The molecule has 19 heavy (non-hydrogen) atoms. The second-order valence-corrected chi connectivity index (χ2v) is 4.85. The van der Waals surface area contributed by atoms with Gasteiger partial charge in [-0.2, -0.15) is 0 Å². The van der Waals surface area contributed by atoms with Gasteiger partial charge in [0.1, 0.15) is 11.6 Å². The van der Waals surface area contributed by atoms with Crippen LogP contribution in [0.5, 0.6) is 0 Å². The van der Waals surface area contributed by atoms with E-state index in [9.17, 15) is 8.78 Å². The maximum Gasteiger partial charge on any atom is 0.149 e. The van der Waals surface area contributed by atoms with Gasteiger partial charge in [0.05, 0.1) is 5.69 Å². The minimum Gasteiger partial charge on any atom is -0.376 e. The Bertz CT molecular complexity index is 593. The van der Waals surface area contributed by atoms with Crippen molar-refractivity contribution < 1.29 is 8.78 Å². The lowest BCUT2D eigenvalue weighted by molar-refractivity contribution is 0.583. The number of halogens is 2. The number of aryl methyl sites for hydroxylation is 2. The van der Waals surface area contributed by atoms with E-state index < -0.39 is 11.6 Å². The molecule has 0 aliphatic rings. The molecule has 0 amide bonds. The van der Waals surface area contributed by atoms with Crippen LogP contribution in [0.25, 0.3) is 0 Å². The predicted octanol–water partition coefficient (Wildman–Crippen LogP) is 4.75. The lowest BCUT2D eigenvalue weighted by Gasteiger charge is -2.19. The first kappa shape index (κ1) is 13.5. The quantitative estimate of drug-likeness (QED) is 0.840. The number of hydrogen-bond acceptors (Lipinski definition) is 1. The standard InChI is InChI=1S/C16H17F2N/c1-10-4-5-11(2)14(8-10)12(3)19-16-7-6-13(17)9-15(16)18/h4-9,12,19H,1-3H3. The Labute approximate surface area is 112 Å². The minimum absolute atomic E-state index is 0.0418. The highest BCUT2D eigenvalue weighted by Crippen LogP contribution is 2.25. The Morgan fingerprint density at radius 2 is 1.74 bits per heavy atom. The van der Waals surface area contributed by atoms with Gasteiger partial charge in [0.2, 0.25) is 0 Å². The lowest BCUT2D eigenvalue weighted by atomic mass is 10.00. The Balaban J connectivity index is 2.25. The van der Waals surface area contributed by atoms with E-state index in [0.29, 0.717) is 5.69 Å². The first-order valence-electron chi connectivity index (χ1n) is 6.26. The Morgan fingerprint density at radius 3 is 2.42 bits per heavy atom. The van der Waals surface area contributed by atoms with Crippen molar-refractivity contribution in [2.75, 3.05) is 5.32 Å². The summed E-state index contributed by atoms with van der Waals surface area (Å²) in [6.45, 7) is 6.01. The van der Waals surface area contributed by atoms with Gasteiger partial charge in [0.25, 0.3) is 0 Å². The summed E-state index contributed by atoms with van der Waals surface area (Å²) in [5, 5.41) is 3.08. The molecular weight excluding hydrogens is 244 g/mol. The van der Waals surface area contributed by atoms with E-state index in [2.05, 4.69) is 11.4 Å². The summed E-state index contributed by atoms with van der Waals surface area (Å²) in [7, 11) is 0. The monoisotopic (exact) mass is 261 g/mol. The van der Waals surface area contributed by atoms with Gasteiger partial charge in [0, 0.05) is 12.1 Å². The highest BCUT2D eigenvalue weighted by Gasteiger charge is 2.11. The number of hydrogen-bond donors (Lipinski definition) is 1. The summed E-state index contributed by atoms with van der Waals surface area (Å²) in [5.41, 5.74) is 3.74. The summed E-state index contributed by atoms with van der Waals surface area (Å²) >= 11 is 0. The van der Waals surface area contributed by atoms with Crippen molar-refractivity contribution in [3.05, 3.63) is 64.7 Å². The van der Waals surface area contributed by atoms with Crippen LogP contribution in [-0.2, 0) is 0 Å². The van der Waals surface area contributed by atoms with Crippen LogP contribution in [-0.4, -0.2) is 0 Å². The van der Waals surface area contributed by atoms with Crippen LogP contribution in [0, 0.1) is 25.5 Å². The van der Waals surface area contributed by atoms with Gasteiger partial charge in [-0.1, -0.05) is 23.8 Å². The maximum atomic E-state index is 13.6. The molecule has 0 aliphatic carbocycles. The second kappa shape index (κ2) is 5.39. The Hall–Kier alpha value is -1.90.